The lowest BCUT2D eigenvalue weighted by Gasteiger charge is -2.34. The van der Waals surface area contributed by atoms with E-state index in [4.69, 9.17) is 11.7 Å². The first kappa shape index (κ1) is 25.2. The van der Waals surface area contributed by atoms with Crippen molar-refractivity contribution in [2.75, 3.05) is 13.1 Å². The number of amides is 2. The molecule has 0 aliphatic heterocycles. The second kappa shape index (κ2) is 9.77. The van der Waals surface area contributed by atoms with Crippen LogP contribution < -0.4 is 5.32 Å². The second-order valence-electron chi connectivity index (χ2n) is 8.34. The molecule has 0 fully saturated rings. The number of terminal acetylenes is 1. The van der Waals surface area contributed by atoms with Crippen molar-refractivity contribution in [3.63, 3.8) is 0 Å². The van der Waals surface area contributed by atoms with Crippen LogP contribution in [-0.4, -0.2) is 37.6 Å². The maximum atomic E-state index is 13.1. The Bertz CT molecular complexity index is 965. The highest BCUT2D eigenvalue weighted by Gasteiger charge is 2.41. The van der Waals surface area contributed by atoms with E-state index in [9.17, 15) is 18.0 Å². The smallest absolute Gasteiger partial charge is 0.267 e. The van der Waals surface area contributed by atoms with Gasteiger partial charge in [-0.3, -0.25) is 9.59 Å². The zero-order valence-corrected chi connectivity index (χ0v) is 19.0. The summed E-state index contributed by atoms with van der Waals surface area (Å²) in [6.07, 6.45) is 6.53. The minimum absolute atomic E-state index is 0.176. The average molecular weight is 432 g/mol. The van der Waals surface area contributed by atoms with E-state index in [2.05, 4.69) is 11.2 Å². The van der Waals surface area contributed by atoms with E-state index >= 15 is 0 Å². The van der Waals surface area contributed by atoms with Crippen LogP contribution in [0.4, 0.5) is 0 Å². The lowest BCUT2D eigenvalue weighted by atomic mass is 9.75. The van der Waals surface area contributed by atoms with Gasteiger partial charge in [0, 0.05) is 22.9 Å². The Kier molecular flexibility index (Phi) is 8.21. The average Bonchev–Trinajstić information content (AvgIpc) is 2.68. The number of carbonyl (C=O) groups is 2. The molecule has 0 aliphatic rings. The maximum absolute atomic E-state index is 13.1. The number of carbonyl (C=O) groups excluding carboxylic acids is 2. The van der Waals surface area contributed by atoms with Gasteiger partial charge in [0.15, 0.2) is 0 Å². The van der Waals surface area contributed by atoms with E-state index in [1.165, 1.54) is 24.3 Å². The van der Waals surface area contributed by atoms with Crippen LogP contribution in [-0.2, 0) is 14.8 Å². The summed E-state index contributed by atoms with van der Waals surface area (Å²) in [6, 6.07) is 7.01. The molecule has 0 aromatic heterocycles. The Morgan fingerprint density at radius 2 is 1.73 bits per heavy atom. The fraction of sp³-hybridized carbons (Fsp3) is 0.500. The van der Waals surface area contributed by atoms with Gasteiger partial charge >= 0.3 is 0 Å². The predicted octanol–water partition coefficient (Wildman–Crippen LogP) is 2.94. The first-order chi connectivity index (χ1) is 13.8. The predicted molar refractivity (Wildman–Crippen MR) is 115 cm³/mol. The van der Waals surface area contributed by atoms with Crippen molar-refractivity contribution in [2.24, 2.45) is 10.8 Å². The summed E-state index contributed by atoms with van der Waals surface area (Å²) in [7, 11) is -4.29. The molecule has 7 nitrogen and oxygen atoms in total. The van der Waals surface area contributed by atoms with E-state index in [1.54, 1.807) is 33.8 Å². The molecule has 0 bridgehead atoms. The van der Waals surface area contributed by atoms with Gasteiger partial charge in [0.05, 0.1) is 11.0 Å². The first-order valence-corrected chi connectivity index (χ1v) is 11.1. The van der Waals surface area contributed by atoms with Crippen molar-refractivity contribution in [3.05, 3.63) is 29.8 Å². The molecule has 0 aliphatic carbocycles. The molecule has 1 rings (SSSR count). The van der Waals surface area contributed by atoms with E-state index in [0.29, 0.717) is 16.4 Å². The number of hydrogen-bond acceptors (Lipinski definition) is 5. The highest BCUT2D eigenvalue weighted by Crippen LogP contribution is 2.36. The maximum Gasteiger partial charge on any atom is 0.267 e. The number of sulfonamides is 1. The van der Waals surface area contributed by atoms with Crippen molar-refractivity contribution in [1.29, 1.82) is 5.26 Å². The molecule has 0 saturated heterocycles. The molecule has 0 saturated carbocycles. The molecule has 0 radical (unpaired) electrons. The van der Waals surface area contributed by atoms with Crippen molar-refractivity contribution >= 4 is 21.8 Å². The van der Waals surface area contributed by atoms with Gasteiger partial charge in [-0.15, -0.1) is 12.3 Å². The van der Waals surface area contributed by atoms with Crippen LogP contribution in [0.25, 0.3) is 0 Å². The third-order valence-electron chi connectivity index (χ3n) is 4.53. The largest absolute Gasteiger partial charge is 0.352 e. The molecule has 0 atom stereocenters. The fourth-order valence-corrected chi connectivity index (χ4v) is 4.57. The van der Waals surface area contributed by atoms with E-state index in [-0.39, 0.29) is 17.2 Å². The molecule has 162 valence electrons. The monoisotopic (exact) mass is 431 g/mol. The highest BCUT2D eigenvalue weighted by atomic mass is 32.2. The third kappa shape index (κ3) is 6.08. The lowest BCUT2D eigenvalue weighted by molar-refractivity contribution is -0.136. The summed E-state index contributed by atoms with van der Waals surface area (Å²) in [5, 5.41) is 11.8. The van der Waals surface area contributed by atoms with Gasteiger partial charge in [-0.25, -0.2) is 12.7 Å². The Labute approximate surface area is 179 Å². The zero-order chi connectivity index (χ0) is 23.2. The molecule has 8 heteroatoms. The second-order valence-corrected chi connectivity index (χ2v) is 10.2. The molecule has 0 spiro atoms. The highest BCUT2D eigenvalue weighted by molar-refractivity contribution is 7.89. The van der Waals surface area contributed by atoms with Gasteiger partial charge in [0.1, 0.15) is 6.54 Å². The molecule has 30 heavy (non-hydrogen) atoms. The summed E-state index contributed by atoms with van der Waals surface area (Å²) >= 11 is 0. The SMILES string of the molecule is C#CC(C)(C)CC(C)(C)C(=O)N(CC#N)S(=O)(=O)c1ccc(C(=O)NCCC)cc1. The normalized spacial score (nSPS) is 11.8. The minimum Gasteiger partial charge on any atom is -0.352 e. The molecule has 2 amide bonds. The minimum atomic E-state index is -4.29. The topological polar surface area (TPSA) is 107 Å². The van der Waals surface area contributed by atoms with Gasteiger partial charge in [0.2, 0.25) is 5.91 Å². The summed E-state index contributed by atoms with van der Waals surface area (Å²) in [5.41, 5.74) is -1.44. The number of rotatable bonds is 9. The van der Waals surface area contributed by atoms with Crippen LogP contribution in [0.5, 0.6) is 0 Å². The molecule has 1 N–H and O–H groups in total. The van der Waals surface area contributed by atoms with Crippen molar-refractivity contribution < 1.29 is 18.0 Å². The van der Waals surface area contributed by atoms with E-state index < -0.39 is 33.3 Å². The fourth-order valence-electron chi connectivity index (χ4n) is 3.15. The number of hydrogen-bond donors (Lipinski definition) is 1. The summed E-state index contributed by atoms with van der Waals surface area (Å²) in [5.74, 6) is 1.57. The number of nitrogens with one attached hydrogen (secondary N) is 1. The van der Waals surface area contributed by atoms with Gasteiger partial charge < -0.3 is 5.32 Å². The molecule has 0 heterocycles. The standard InChI is InChI=1S/C22H29N3O4S/c1-7-14-24-19(26)17-9-11-18(12-10-17)30(28,29)25(15-13-23)20(27)22(5,6)16-21(3,4)8-2/h2,9-12H,7,14-16H2,1,3-6H3,(H,24,26). The van der Waals surface area contributed by atoms with Gasteiger partial charge in [-0.2, -0.15) is 5.26 Å². The number of nitriles is 1. The molecule has 1 aromatic carbocycles. The Hall–Kier alpha value is -2.84. The Morgan fingerprint density at radius 3 is 2.20 bits per heavy atom. The van der Waals surface area contributed by atoms with Crippen LogP contribution in [0.1, 0.15) is 57.8 Å². The Balaban J connectivity index is 3.25. The number of benzene rings is 1. The van der Waals surface area contributed by atoms with Crippen LogP contribution in [0.3, 0.4) is 0 Å². The van der Waals surface area contributed by atoms with Crippen molar-refractivity contribution in [1.82, 2.24) is 9.62 Å². The van der Waals surface area contributed by atoms with E-state index in [0.717, 1.165) is 6.42 Å². The van der Waals surface area contributed by atoms with Crippen LogP contribution in [0.15, 0.2) is 29.2 Å². The molecular weight excluding hydrogens is 402 g/mol. The summed E-state index contributed by atoms with van der Waals surface area (Å²) in [6.45, 7) is 8.58. The molecule has 0 unspecified atom stereocenters. The Morgan fingerprint density at radius 1 is 1.17 bits per heavy atom. The zero-order valence-electron chi connectivity index (χ0n) is 18.2. The van der Waals surface area contributed by atoms with Gasteiger partial charge in [0.25, 0.3) is 15.9 Å². The van der Waals surface area contributed by atoms with Crippen LogP contribution >= 0.6 is 0 Å². The summed E-state index contributed by atoms with van der Waals surface area (Å²) in [4.78, 5) is 25.0. The first-order valence-electron chi connectivity index (χ1n) is 9.62. The van der Waals surface area contributed by atoms with E-state index in [1.807, 2.05) is 6.92 Å². The van der Waals surface area contributed by atoms with Crippen LogP contribution in [0.2, 0.25) is 0 Å². The van der Waals surface area contributed by atoms with Crippen LogP contribution in [0, 0.1) is 34.5 Å². The third-order valence-corrected chi connectivity index (χ3v) is 6.28. The lowest BCUT2D eigenvalue weighted by Crippen LogP contribution is -2.46. The summed E-state index contributed by atoms with van der Waals surface area (Å²) < 4.78 is 26.8. The molecular formula is C22H29N3O4S. The van der Waals surface area contributed by atoms with Crippen molar-refractivity contribution in [3.8, 4) is 18.4 Å². The molecule has 1 aromatic rings. The van der Waals surface area contributed by atoms with Crippen molar-refractivity contribution in [2.45, 2.75) is 52.4 Å². The van der Waals surface area contributed by atoms with Gasteiger partial charge in [-0.05, 0) is 51.0 Å². The quantitative estimate of drug-likeness (QED) is 0.478. The van der Waals surface area contributed by atoms with Gasteiger partial charge in [-0.1, -0.05) is 20.8 Å². The number of nitrogens with zero attached hydrogens (tertiary/aromatic N) is 2.